The second-order valence-electron chi connectivity index (χ2n) is 5.42. The van der Waals surface area contributed by atoms with Crippen LogP contribution in [0.4, 0.5) is 0 Å². The van der Waals surface area contributed by atoms with Gasteiger partial charge in [-0.25, -0.2) is 10.3 Å². The summed E-state index contributed by atoms with van der Waals surface area (Å²) in [6.45, 7) is 4.35. The van der Waals surface area contributed by atoms with Gasteiger partial charge in [-0.3, -0.25) is 9.59 Å². The van der Waals surface area contributed by atoms with Crippen LogP contribution in [0.3, 0.4) is 0 Å². The highest BCUT2D eigenvalue weighted by Gasteiger charge is 2.36. The fourth-order valence-electron chi connectivity index (χ4n) is 2.39. The molecule has 2 atom stereocenters. The van der Waals surface area contributed by atoms with Crippen LogP contribution in [0.25, 0.3) is 0 Å². The van der Waals surface area contributed by atoms with Crippen molar-refractivity contribution in [1.82, 2.24) is 5.48 Å². The van der Waals surface area contributed by atoms with Crippen molar-refractivity contribution in [3.05, 3.63) is 0 Å². The van der Waals surface area contributed by atoms with E-state index in [0.29, 0.717) is 13.0 Å². The highest BCUT2D eigenvalue weighted by molar-refractivity contribution is 5.85. The van der Waals surface area contributed by atoms with E-state index in [-0.39, 0.29) is 24.6 Å². The molecule has 20 heavy (non-hydrogen) atoms. The number of carbonyl (C=O) groups is 2. The van der Waals surface area contributed by atoms with Crippen LogP contribution in [0.1, 0.15) is 52.4 Å². The van der Waals surface area contributed by atoms with Crippen molar-refractivity contribution in [3.8, 4) is 0 Å². The third-order valence-electron chi connectivity index (χ3n) is 3.47. The van der Waals surface area contributed by atoms with E-state index in [1.54, 1.807) is 6.92 Å². The number of esters is 1. The Balaban J connectivity index is 2.43. The molecular formula is C14H25NO5. The zero-order valence-corrected chi connectivity index (χ0v) is 12.6. The van der Waals surface area contributed by atoms with Crippen molar-refractivity contribution >= 4 is 11.9 Å². The van der Waals surface area contributed by atoms with E-state index in [1.807, 2.05) is 6.92 Å². The smallest absolute Gasteiger partial charge is 0.312 e. The summed E-state index contributed by atoms with van der Waals surface area (Å²) in [4.78, 5) is 28.9. The monoisotopic (exact) mass is 287 g/mol. The molecule has 0 aromatic carbocycles. The normalized spacial score (nSPS) is 21.9. The standard InChI is InChI=1S/C14H25NO5/c1-4-8-14(2,13(17)18-3)10-11(16)15-20-12-7-5-6-9-19-12/h12H,4-10H2,1-3H3,(H,15,16). The van der Waals surface area contributed by atoms with E-state index in [0.717, 1.165) is 25.7 Å². The van der Waals surface area contributed by atoms with Gasteiger partial charge in [-0.05, 0) is 26.2 Å². The maximum absolute atomic E-state index is 11.9. The Kier molecular flexibility index (Phi) is 6.95. The molecule has 0 aromatic rings. The second kappa shape index (κ2) is 8.21. The van der Waals surface area contributed by atoms with E-state index in [4.69, 9.17) is 14.3 Å². The summed E-state index contributed by atoms with van der Waals surface area (Å²) in [5.41, 5.74) is 1.56. The molecule has 1 amide bonds. The van der Waals surface area contributed by atoms with E-state index >= 15 is 0 Å². The highest BCUT2D eigenvalue weighted by Crippen LogP contribution is 2.29. The first kappa shape index (κ1) is 16.9. The molecule has 0 spiro atoms. The van der Waals surface area contributed by atoms with Crippen LogP contribution in [0.2, 0.25) is 0 Å². The van der Waals surface area contributed by atoms with Gasteiger partial charge in [0.25, 0.3) is 0 Å². The first-order valence-electron chi connectivity index (χ1n) is 7.16. The van der Waals surface area contributed by atoms with Crippen LogP contribution in [0.15, 0.2) is 0 Å². The van der Waals surface area contributed by atoms with Gasteiger partial charge in [0.2, 0.25) is 5.91 Å². The van der Waals surface area contributed by atoms with E-state index in [9.17, 15) is 9.59 Å². The van der Waals surface area contributed by atoms with Crippen molar-refractivity contribution in [1.29, 1.82) is 0 Å². The molecule has 0 aliphatic carbocycles. The topological polar surface area (TPSA) is 73.9 Å². The molecule has 1 rings (SSSR count). The molecule has 0 saturated carbocycles. The minimum absolute atomic E-state index is 0.0419. The molecule has 1 saturated heterocycles. The van der Waals surface area contributed by atoms with Gasteiger partial charge in [-0.2, -0.15) is 0 Å². The van der Waals surface area contributed by atoms with Crippen molar-refractivity contribution in [3.63, 3.8) is 0 Å². The number of methoxy groups -OCH3 is 1. The average Bonchev–Trinajstić information content (AvgIpc) is 2.45. The second-order valence-corrected chi connectivity index (χ2v) is 5.42. The fourth-order valence-corrected chi connectivity index (χ4v) is 2.39. The van der Waals surface area contributed by atoms with Crippen molar-refractivity contribution in [2.75, 3.05) is 13.7 Å². The van der Waals surface area contributed by atoms with Gasteiger partial charge in [0.15, 0.2) is 6.29 Å². The van der Waals surface area contributed by atoms with Gasteiger partial charge in [-0.1, -0.05) is 13.3 Å². The number of nitrogens with one attached hydrogen (secondary N) is 1. The first-order valence-corrected chi connectivity index (χ1v) is 7.16. The molecule has 2 unspecified atom stereocenters. The largest absolute Gasteiger partial charge is 0.469 e. The van der Waals surface area contributed by atoms with Crippen LogP contribution < -0.4 is 5.48 Å². The molecule has 6 heteroatoms. The summed E-state index contributed by atoms with van der Waals surface area (Å²) in [6, 6.07) is 0. The molecule has 0 aromatic heterocycles. The van der Waals surface area contributed by atoms with Crippen LogP contribution >= 0.6 is 0 Å². The molecule has 1 heterocycles. The Labute approximate surface area is 120 Å². The van der Waals surface area contributed by atoms with Gasteiger partial charge in [0.05, 0.1) is 12.5 Å². The van der Waals surface area contributed by atoms with Crippen molar-refractivity contribution < 1.29 is 23.9 Å². The zero-order chi connectivity index (χ0) is 15.0. The number of hydrogen-bond donors (Lipinski definition) is 1. The van der Waals surface area contributed by atoms with Gasteiger partial charge >= 0.3 is 5.97 Å². The Morgan fingerprint density at radius 1 is 1.40 bits per heavy atom. The number of carbonyl (C=O) groups excluding carboxylic acids is 2. The summed E-state index contributed by atoms with van der Waals surface area (Å²) < 4.78 is 10.1. The summed E-state index contributed by atoms with van der Waals surface area (Å²) in [7, 11) is 1.33. The summed E-state index contributed by atoms with van der Waals surface area (Å²) >= 11 is 0. The van der Waals surface area contributed by atoms with E-state index in [1.165, 1.54) is 7.11 Å². The minimum atomic E-state index is -0.815. The lowest BCUT2D eigenvalue weighted by atomic mass is 9.82. The molecule has 1 aliphatic heterocycles. The fraction of sp³-hybridized carbons (Fsp3) is 0.857. The predicted molar refractivity (Wildman–Crippen MR) is 72.5 cm³/mol. The van der Waals surface area contributed by atoms with Crippen LogP contribution in [-0.2, 0) is 23.9 Å². The van der Waals surface area contributed by atoms with E-state index < -0.39 is 5.41 Å². The zero-order valence-electron chi connectivity index (χ0n) is 12.6. The Hall–Kier alpha value is -1.14. The third-order valence-corrected chi connectivity index (χ3v) is 3.47. The summed E-state index contributed by atoms with van der Waals surface area (Å²) in [5.74, 6) is -0.705. The Morgan fingerprint density at radius 2 is 2.15 bits per heavy atom. The van der Waals surface area contributed by atoms with Crippen molar-refractivity contribution in [2.24, 2.45) is 5.41 Å². The number of hydroxylamine groups is 1. The number of hydrogen-bond acceptors (Lipinski definition) is 5. The minimum Gasteiger partial charge on any atom is -0.469 e. The molecular weight excluding hydrogens is 262 g/mol. The van der Waals surface area contributed by atoms with Crippen molar-refractivity contribution in [2.45, 2.75) is 58.7 Å². The molecule has 116 valence electrons. The molecule has 1 aliphatic rings. The Morgan fingerprint density at radius 3 is 2.70 bits per heavy atom. The SMILES string of the molecule is CCCC(C)(CC(=O)NOC1CCCCO1)C(=O)OC. The quantitative estimate of drug-likeness (QED) is 0.572. The van der Waals surface area contributed by atoms with Gasteiger partial charge in [0.1, 0.15) is 0 Å². The molecule has 1 fully saturated rings. The van der Waals surface area contributed by atoms with Gasteiger partial charge in [-0.15, -0.1) is 0 Å². The predicted octanol–water partition coefficient (Wildman–Crippen LogP) is 1.93. The summed E-state index contributed by atoms with van der Waals surface area (Å²) in [5, 5.41) is 0. The van der Waals surface area contributed by atoms with Crippen LogP contribution in [0, 0.1) is 5.41 Å². The number of ether oxygens (including phenoxy) is 2. The lowest BCUT2D eigenvalue weighted by Crippen LogP contribution is -2.38. The first-order chi connectivity index (χ1) is 9.51. The average molecular weight is 287 g/mol. The number of amides is 1. The van der Waals surface area contributed by atoms with E-state index in [2.05, 4.69) is 5.48 Å². The molecule has 0 radical (unpaired) electrons. The maximum Gasteiger partial charge on any atom is 0.312 e. The van der Waals surface area contributed by atoms with Crippen LogP contribution in [0.5, 0.6) is 0 Å². The molecule has 0 bridgehead atoms. The lowest BCUT2D eigenvalue weighted by molar-refractivity contribution is -0.201. The summed E-state index contributed by atoms with van der Waals surface area (Å²) in [6.07, 6.45) is 3.85. The molecule has 1 N–H and O–H groups in total. The maximum atomic E-state index is 11.9. The molecule has 6 nitrogen and oxygen atoms in total. The van der Waals surface area contributed by atoms with Gasteiger partial charge in [0, 0.05) is 19.4 Å². The number of rotatable bonds is 7. The third kappa shape index (κ3) is 5.09. The Bertz CT molecular complexity index is 328. The van der Waals surface area contributed by atoms with Gasteiger partial charge < -0.3 is 9.47 Å². The van der Waals surface area contributed by atoms with Crippen LogP contribution in [-0.4, -0.2) is 31.9 Å². The lowest BCUT2D eigenvalue weighted by Gasteiger charge is -2.26. The highest BCUT2D eigenvalue weighted by atomic mass is 16.8.